The summed E-state index contributed by atoms with van der Waals surface area (Å²) in [6.45, 7) is 6.34. The summed E-state index contributed by atoms with van der Waals surface area (Å²) in [5.74, 6) is -4.75. The van der Waals surface area contributed by atoms with Gasteiger partial charge in [0.2, 0.25) is 0 Å². The topological polar surface area (TPSA) is 33.5 Å². The molecule has 0 aliphatic heterocycles. The summed E-state index contributed by atoms with van der Waals surface area (Å²) < 4.78 is 39.9. The maximum Gasteiger partial charge on any atom is 0.282 e. The first kappa shape index (κ1) is 19.0. The molecular formula is C19H22F3N2O+. The Morgan fingerprint density at radius 2 is 1.80 bits per heavy atom. The lowest BCUT2D eigenvalue weighted by Crippen LogP contribution is -3.12. The molecule has 0 fully saturated rings. The van der Waals surface area contributed by atoms with Gasteiger partial charge in [-0.2, -0.15) is 0 Å². The number of carbonyl (C=O) groups excluding carboxylic acids is 1. The van der Waals surface area contributed by atoms with Gasteiger partial charge in [-0.05, 0) is 38.5 Å². The second kappa shape index (κ2) is 7.70. The van der Waals surface area contributed by atoms with Gasteiger partial charge in [0.05, 0.1) is 12.7 Å². The number of likely N-dealkylation sites (N-methyl/N-ethyl adjacent to an activating group) is 1. The summed E-state index contributed by atoms with van der Waals surface area (Å²) in [7, 11) is 1.85. The fourth-order valence-electron chi connectivity index (χ4n) is 2.58. The van der Waals surface area contributed by atoms with E-state index in [-0.39, 0.29) is 5.69 Å². The minimum Gasteiger partial charge on any atom is -0.324 e. The maximum absolute atomic E-state index is 13.7. The fraction of sp³-hybridized carbons (Fsp3) is 0.316. The first-order valence-electron chi connectivity index (χ1n) is 8.03. The Bertz CT molecular complexity index is 792. The highest BCUT2D eigenvalue weighted by Gasteiger charge is 2.24. The smallest absolute Gasteiger partial charge is 0.282 e. The van der Waals surface area contributed by atoms with Crippen LogP contribution in [-0.2, 0) is 11.3 Å². The number of hydrogen-bond donors (Lipinski definition) is 2. The average Bonchev–Trinajstić information content (AvgIpc) is 2.57. The zero-order valence-corrected chi connectivity index (χ0v) is 14.7. The van der Waals surface area contributed by atoms with Crippen molar-refractivity contribution in [3.63, 3.8) is 0 Å². The van der Waals surface area contributed by atoms with Crippen LogP contribution >= 0.6 is 0 Å². The molecule has 0 radical (unpaired) electrons. The van der Waals surface area contributed by atoms with Crippen LogP contribution in [0.3, 0.4) is 0 Å². The lowest BCUT2D eigenvalue weighted by molar-refractivity contribution is -0.907. The maximum atomic E-state index is 13.7. The van der Waals surface area contributed by atoms with E-state index in [9.17, 15) is 18.0 Å². The van der Waals surface area contributed by atoms with Crippen molar-refractivity contribution in [3.8, 4) is 0 Å². The largest absolute Gasteiger partial charge is 0.324 e. The van der Waals surface area contributed by atoms with Gasteiger partial charge in [0, 0.05) is 5.56 Å². The molecule has 2 N–H and O–H groups in total. The molecule has 0 saturated heterocycles. The number of rotatable bonds is 5. The van der Waals surface area contributed by atoms with Gasteiger partial charge in [0.1, 0.15) is 6.54 Å². The molecule has 2 atom stereocenters. The van der Waals surface area contributed by atoms with Gasteiger partial charge in [0.15, 0.2) is 23.5 Å². The quantitative estimate of drug-likeness (QED) is 0.798. The van der Waals surface area contributed by atoms with Crippen molar-refractivity contribution in [2.75, 3.05) is 12.4 Å². The predicted octanol–water partition coefficient (Wildman–Crippen LogP) is 2.76. The van der Waals surface area contributed by atoms with Crippen molar-refractivity contribution >= 4 is 11.6 Å². The third-order valence-electron chi connectivity index (χ3n) is 4.39. The number of hydrogen-bond acceptors (Lipinski definition) is 1. The van der Waals surface area contributed by atoms with Crippen LogP contribution in [0.1, 0.15) is 23.6 Å². The minimum atomic E-state index is -1.60. The van der Waals surface area contributed by atoms with Crippen LogP contribution in [0.15, 0.2) is 30.3 Å². The van der Waals surface area contributed by atoms with E-state index in [0.717, 1.165) is 28.2 Å². The second-order valence-electron chi connectivity index (χ2n) is 6.39. The average molecular weight is 351 g/mol. The van der Waals surface area contributed by atoms with Crippen LogP contribution < -0.4 is 10.2 Å². The van der Waals surface area contributed by atoms with Gasteiger partial charge in [-0.3, -0.25) is 4.79 Å². The molecule has 0 bridgehead atoms. The molecule has 2 rings (SSSR count). The summed E-state index contributed by atoms with van der Waals surface area (Å²) in [4.78, 5) is 13.2. The summed E-state index contributed by atoms with van der Waals surface area (Å²) in [5, 5.41) is 2.33. The SMILES string of the molecule is Cc1ccc(C[NH+](C)[C@H](C)C(=O)Nc2ccc(F)c(F)c2F)c(C)c1. The van der Waals surface area contributed by atoms with Gasteiger partial charge in [-0.1, -0.05) is 23.8 Å². The number of amides is 1. The third-order valence-corrected chi connectivity index (χ3v) is 4.39. The Kier molecular flexibility index (Phi) is 5.85. The van der Waals surface area contributed by atoms with Crippen molar-refractivity contribution < 1.29 is 22.9 Å². The van der Waals surface area contributed by atoms with Crippen molar-refractivity contribution in [3.05, 3.63) is 64.5 Å². The first-order valence-corrected chi connectivity index (χ1v) is 8.03. The Hall–Kier alpha value is -2.34. The molecule has 25 heavy (non-hydrogen) atoms. The second-order valence-corrected chi connectivity index (χ2v) is 6.39. The van der Waals surface area contributed by atoms with Crippen molar-refractivity contribution in [1.82, 2.24) is 0 Å². The number of anilines is 1. The van der Waals surface area contributed by atoms with Gasteiger partial charge in [-0.15, -0.1) is 0 Å². The molecule has 3 nitrogen and oxygen atoms in total. The number of benzene rings is 2. The van der Waals surface area contributed by atoms with Gasteiger partial charge in [-0.25, -0.2) is 13.2 Å². The molecular weight excluding hydrogens is 329 g/mol. The number of quaternary nitrogens is 1. The highest BCUT2D eigenvalue weighted by molar-refractivity contribution is 5.93. The monoisotopic (exact) mass is 351 g/mol. The molecule has 0 saturated carbocycles. The Morgan fingerprint density at radius 1 is 1.12 bits per heavy atom. The Balaban J connectivity index is 2.07. The van der Waals surface area contributed by atoms with E-state index in [1.165, 1.54) is 5.56 Å². The lowest BCUT2D eigenvalue weighted by Gasteiger charge is -2.22. The standard InChI is InChI=1S/C19H21F3N2O/c1-11-5-6-14(12(2)9-11)10-24(4)13(3)19(25)23-16-8-7-15(20)17(21)18(16)22/h5-9,13H,10H2,1-4H3,(H,23,25)/p+1/t13-/m1/s1. The molecule has 0 spiro atoms. The van der Waals surface area contributed by atoms with Crippen LogP contribution in [0.4, 0.5) is 18.9 Å². The molecule has 1 amide bonds. The van der Waals surface area contributed by atoms with Crippen LogP contribution in [0.25, 0.3) is 0 Å². The zero-order chi connectivity index (χ0) is 18.7. The molecule has 0 aliphatic rings. The summed E-state index contributed by atoms with van der Waals surface area (Å²) in [6.07, 6.45) is 0. The normalized spacial score (nSPS) is 13.4. The van der Waals surface area contributed by atoms with E-state index in [4.69, 9.17) is 0 Å². The van der Waals surface area contributed by atoms with E-state index in [1.54, 1.807) is 6.92 Å². The van der Waals surface area contributed by atoms with E-state index in [1.807, 2.05) is 33.0 Å². The lowest BCUT2D eigenvalue weighted by atomic mass is 10.0. The van der Waals surface area contributed by atoms with Gasteiger partial charge < -0.3 is 10.2 Å². The predicted molar refractivity (Wildman–Crippen MR) is 90.9 cm³/mol. The highest BCUT2D eigenvalue weighted by atomic mass is 19.2. The fourth-order valence-corrected chi connectivity index (χ4v) is 2.58. The Morgan fingerprint density at radius 3 is 2.44 bits per heavy atom. The molecule has 1 unspecified atom stereocenters. The van der Waals surface area contributed by atoms with Crippen LogP contribution in [0.5, 0.6) is 0 Å². The van der Waals surface area contributed by atoms with Gasteiger partial charge in [0.25, 0.3) is 5.91 Å². The van der Waals surface area contributed by atoms with Crippen LogP contribution in [0, 0.1) is 31.3 Å². The number of nitrogens with one attached hydrogen (secondary N) is 2. The molecule has 134 valence electrons. The number of carbonyl (C=O) groups is 1. The highest BCUT2D eigenvalue weighted by Crippen LogP contribution is 2.19. The molecule has 0 aliphatic carbocycles. The molecule has 0 heterocycles. The van der Waals surface area contributed by atoms with E-state index < -0.39 is 29.4 Å². The van der Waals surface area contributed by atoms with Crippen molar-refractivity contribution in [2.45, 2.75) is 33.4 Å². The zero-order valence-electron chi connectivity index (χ0n) is 14.7. The minimum absolute atomic E-state index is 0.366. The third kappa shape index (κ3) is 4.39. The summed E-state index contributed by atoms with van der Waals surface area (Å²) >= 11 is 0. The van der Waals surface area contributed by atoms with Crippen molar-refractivity contribution in [2.24, 2.45) is 0 Å². The van der Waals surface area contributed by atoms with E-state index in [2.05, 4.69) is 11.4 Å². The summed E-state index contributed by atoms with van der Waals surface area (Å²) in [5.41, 5.74) is 3.05. The van der Waals surface area contributed by atoms with E-state index >= 15 is 0 Å². The van der Waals surface area contributed by atoms with E-state index in [0.29, 0.717) is 6.54 Å². The molecule has 6 heteroatoms. The number of halogens is 3. The molecule has 0 aromatic heterocycles. The summed E-state index contributed by atoms with van der Waals surface area (Å²) in [6, 6.07) is 7.39. The number of aryl methyl sites for hydroxylation is 2. The van der Waals surface area contributed by atoms with Gasteiger partial charge >= 0.3 is 0 Å². The Labute approximate surface area is 145 Å². The molecule has 2 aromatic rings. The van der Waals surface area contributed by atoms with Crippen molar-refractivity contribution in [1.29, 1.82) is 0 Å². The first-order chi connectivity index (χ1) is 11.7. The van der Waals surface area contributed by atoms with Crippen LogP contribution in [0.2, 0.25) is 0 Å². The molecule has 2 aromatic carbocycles. The van der Waals surface area contributed by atoms with Crippen LogP contribution in [-0.4, -0.2) is 19.0 Å².